The van der Waals surface area contributed by atoms with Crippen molar-refractivity contribution in [2.75, 3.05) is 6.54 Å². The molecule has 3 heterocycles. The molecule has 0 fully saturated rings. The molecule has 3 aromatic rings. The van der Waals surface area contributed by atoms with Gasteiger partial charge in [-0.15, -0.1) is 0 Å². The van der Waals surface area contributed by atoms with E-state index in [1.807, 2.05) is 6.07 Å². The van der Waals surface area contributed by atoms with Gasteiger partial charge in [-0.05, 0) is 57.0 Å². The van der Waals surface area contributed by atoms with Crippen molar-refractivity contribution in [2.24, 2.45) is 0 Å². The third kappa shape index (κ3) is 4.28. The number of hydrogen-bond acceptors (Lipinski definition) is 3. The fourth-order valence-corrected chi connectivity index (χ4v) is 3.93. The van der Waals surface area contributed by atoms with E-state index in [-0.39, 0.29) is 18.7 Å². The molecule has 2 aromatic heterocycles. The van der Waals surface area contributed by atoms with E-state index < -0.39 is 29.3 Å². The van der Waals surface area contributed by atoms with Crippen molar-refractivity contribution in [3.05, 3.63) is 64.7 Å². The summed E-state index contributed by atoms with van der Waals surface area (Å²) in [6.07, 6.45) is -2.89. The minimum atomic E-state index is -4.62. The van der Waals surface area contributed by atoms with Gasteiger partial charge in [-0.2, -0.15) is 13.2 Å². The molecule has 0 N–H and O–H groups in total. The first kappa shape index (κ1) is 22.1. The molecule has 4 rings (SSSR count). The smallest absolute Gasteiger partial charge is 0.416 e. The van der Waals surface area contributed by atoms with Crippen molar-refractivity contribution in [3.63, 3.8) is 0 Å². The Morgan fingerprint density at radius 1 is 1.19 bits per heavy atom. The van der Waals surface area contributed by atoms with Gasteiger partial charge in [0.1, 0.15) is 17.1 Å². The van der Waals surface area contributed by atoms with E-state index in [1.165, 1.54) is 0 Å². The Hall–Kier alpha value is -3.10. The molecule has 5 nitrogen and oxygen atoms in total. The Morgan fingerprint density at radius 3 is 2.59 bits per heavy atom. The van der Waals surface area contributed by atoms with Crippen LogP contribution in [-0.4, -0.2) is 32.7 Å². The minimum Gasteiger partial charge on any atom is -0.444 e. The molecule has 32 heavy (non-hydrogen) atoms. The standard InChI is InChI=1S/C23H23F4N3O2/c1-22(2,3)32-21(31)29-10-8-16-17-5-4-9-28-20(17)30(19(16)13-29)12-14-6-7-15(11-18(14)24)23(25,26)27/h4-7,9,11H,8,10,12-13H2,1-3H3. The molecule has 0 saturated heterocycles. The number of nitrogens with zero attached hydrogens (tertiary/aromatic N) is 3. The first-order valence-corrected chi connectivity index (χ1v) is 10.2. The van der Waals surface area contributed by atoms with Crippen molar-refractivity contribution in [2.45, 2.75) is 52.1 Å². The van der Waals surface area contributed by atoms with Gasteiger partial charge >= 0.3 is 12.3 Å². The summed E-state index contributed by atoms with van der Waals surface area (Å²) in [5.74, 6) is -0.939. The van der Waals surface area contributed by atoms with Crippen molar-refractivity contribution in [1.29, 1.82) is 0 Å². The van der Waals surface area contributed by atoms with Gasteiger partial charge in [-0.25, -0.2) is 14.2 Å². The molecular weight excluding hydrogens is 426 g/mol. The van der Waals surface area contributed by atoms with E-state index in [1.54, 1.807) is 42.5 Å². The van der Waals surface area contributed by atoms with Crippen LogP contribution in [0.2, 0.25) is 0 Å². The average molecular weight is 449 g/mol. The van der Waals surface area contributed by atoms with E-state index in [9.17, 15) is 22.4 Å². The lowest BCUT2D eigenvalue weighted by Gasteiger charge is -2.31. The molecule has 1 aromatic carbocycles. The molecule has 1 aliphatic heterocycles. The summed E-state index contributed by atoms with van der Waals surface area (Å²) in [4.78, 5) is 18.6. The van der Waals surface area contributed by atoms with Gasteiger partial charge in [0, 0.05) is 29.4 Å². The molecule has 0 aliphatic carbocycles. The number of carbonyl (C=O) groups excluding carboxylic acids is 1. The molecule has 0 saturated carbocycles. The lowest BCUT2D eigenvalue weighted by atomic mass is 10.0. The highest BCUT2D eigenvalue weighted by atomic mass is 19.4. The predicted molar refractivity (Wildman–Crippen MR) is 111 cm³/mol. The molecule has 0 unspecified atom stereocenters. The Bertz CT molecular complexity index is 1180. The van der Waals surface area contributed by atoms with E-state index in [4.69, 9.17) is 4.74 Å². The molecule has 1 amide bonds. The topological polar surface area (TPSA) is 47.4 Å². The zero-order valence-corrected chi connectivity index (χ0v) is 18.0. The van der Waals surface area contributed by atoms with Crippen molar-refractivity contribution in [3.8, 4) is 0 Å². The fourth-order valence-electron chi connectivity index (χ4n) is 3.93. The number of fused-ring (bicyclic) bond motifs is 3. The Kier molecular flexibility index (Phi) is 5.38. The van der Waals surface area contributed by atoms with Crippen LogP contribution in [-0.2, 0) is 30.4 Å². The zero-order chi connectivity index (χ0) is 23.3. The van der Waals surface area contributed by atoms with Gasteiger partial charge < -0.3 is 14.2 Å². The third-order valence-electron chi connectivity index (χ3n) is 5.37. The van der Waals surface area contributed by atoms with Crippen molar-refractivity contribution >= 4 is 17.1 Å². The number of carbonyl (C=O) groups is 1. The first-order valence-electron chi connectivity index (χ1n) is 10.2. The minimum absolute atomic E-state index is 0.00498. The predicted octanol–water partition coefficient (Wildman–Crippen LogP) is 5.54. The summed E-state index contributed by atoms with van der Waals surface area (Å²) in [7, 11) is 0. The first-order chi connectivity index (χ1) is 14.9. The number of rotatable bonds is 2. The lowest BCUT2D eigenvalue weighted by molar-refractivity contribution is -0.137. The summed E-state index contributed by atoms with van der Waals surface area (Å²) in [5.41, 5.74) is 0.804. The summed E-state index contributed by atoms with van der Waals surface area (Å²) in [5, 5.41) is 0.888. The van der Waals surface area contributed by atoms with Crippen LogP contribution in [0.4, 0.5) is 22.4 Å². The van der Waals surface area contributed by atoms with Crippen LogP contribution in [0.5, 0.6) is 0 Å². The molecule has 0 spiro atoms. The number of halogens is 4. The number of alkyl halides is 3. The fraction of sp³-hybridized carbons (Fsp3) is 0.391. The molecule has 170 valence electrons. The van der Waals surface area contributed by atoms with Crippen LogP contribution in [0.3, 0.4) is 0 Å². The number of benzene rings is 1. The highest BCUT2D eigenvalue weighted by Gasteiger charge is 2.32. The maximum absolute atomic E-state index is 14.6. The molecule has 9 heteroatoms. The number of ether oxygens (including phenoxy) is 1. The van der Waals surface area contributed by atoms with E-state index >= 15 is 0 Å². The number of pyridine rings is 1. The number of aromatic nitrogens is 2. The van der Waals surface area contributed by atoms with Crippen molar-refractivity contribution in [1.82, 2.24) is 14.5 Å². The van der Waals surface area contributed by atoms with Crippen molar-refractivity contribution < 1.29 is 27.1 Å². The highest BCUT2D eigenvalue weighted by Crippen LogP contribution is 2.33. The van der Waals surface area contributed by atoms with Gasteiger partial charge in [0.15, 0.2) is 0 Å². The van der Waals surface area contributed by atoms with Gasteiger partial charge in [0.25, 0.3) is 0 Å². The Labute approximate surface area is 182 Å². The molecule has 0 bridgehead atoms. The summed E-state index contributed by atoms with van der Waals surface area (Å²) in [6.45, 7) is 6.06. The van der Waals surface area contributed by atoms with E-state index in [0.29, 0.717) is 24.7 Å². The SMILES string of the molecule is CC(C)(C)OC(=O)N1CCc2c(n(Cc3ccc(C(F)(F)F)cc3F)c3ncccc23)C1. The second-order valence-corrected chi connectivity index (χ2v) is 8.84. The lowest BCUT2D eigenvalue weighted by Crippen LogP contribution is -2.40. The monoisotopic (exact) mass is 449 g/mol. The van der Waals surface area contributed by atoms with Crippen LogP contribution in [0.25, 0.3) is 11.0 Å². The number of hydrogen-bond donors (Lipinski definition) is 0. The third-order valence-corrected chi connectivity index (χ3v) is 5.37. The normalized spacial score (nSPS) is 14.5. The van der Waals surface area contributed by atoms with Crippen LogP contribution in [0.1, 0.15) is 43.2 Å². The summed E-state index contributed by atoms with van der Waals surface area (Å²) >= 11 is 0. The summed E-state index contributed by atoms with van der Waals surface area (Å²) in [6, 6.07) is 6.23. The highest BCUT2D eigenvalue weighted by molar-refractivity contribution is 5.83. The quantitative estimate of drug-likeness (QED) is 0.483. The van der Waals surface area contributed by atoms with E-state index in [2.05, 4.69) is 4.98 Å². The van der Waals surface area contributed by atoms with Gasteiger partial charge in [0.05, 0.1) is 18.7 Å². The maximum Gasteiger partial charge on any atom is 0.416 e. The van der Waals surface area contributed by atoms with Crippen LogP contribution >= 0.6 is 0 Å². The van der Waals surface area contributed by atoms with Crippen LogP contribution in [0.15, 0.2) is 36.5 Å². The van der Waals surface area contributed by atoms with E-state index in [0.717, 1.165) is 28.8 Å². The molecule has 0 atom stereocenters. The zero-order valence-electron chi connectivity index (χ0n) is 18.0. The van der Waals surface area contributed by atoms with Crippen LogP contribution in [0, 0.1) is 5.82 Å². The maximum atomic E-state index is 14.6. The summed E-state index contributed by atoms with van der Waals surface area (Å²) < 4.78 is 60.6. The second-order valence-electron chi connectivity index (χ2n) is 8.84. The second kappa shape index (κ2) is 7.79. The average Bonchev–Trinajstić information content (AvgIpc) is 3.00. The molecule has 1 aliphatic rings. The number of amides is 1. The van der Waals surface area contributed by atoms with Gasteiger partial charge in [0.2, 0.25) is 0 Å². The Balaban J connectivity index is 1.72. The largest absolute Gasteiger partial charge is 0.444 e. The Morgan fingerprint density at radius 2 is 1.94 bits per heavy atom. The molecule has 0 radical (unpaired) electrons. The molecular formula is C23H23F4N3O2. The van der Waals surface area contributed by atoms with Gasteiger partial charge in [-0.3, -0.25) is 0 Å². The van der Waals surface area contributed by atoms with Gasteiger partial charge in [-0.1, -0.05) is 6.07 Å². The van der Waals surface area contributed by atoms with Crippen LogP contribution < -0.4 is 0 Å².